The molecule has 0 bridgehead atoms. The van der Waals surface area contributed by atoms with Gasteiger partial charge in [0.15, 0.2) is 5.82 Å². The van der Waals surface area contributed by atoms with Gasteiger partial charge in [-0.05, 0) is 35.7 Å². The average Bonchev–Trinajstić information content (AvgIpc) is 3.23. The molecule has 4 aromatic rings. The summed E-state index contributed by atoms with van der Waals surface area (Å²) >= 11 is 0. The second-order valence-electron chi connectivity index (χ2n) is 7.05. The highest BCUT2D eigenvalue weighted by Gasteiger charge is 2.23. The molecule has 0 radical (unpaired) electrons. The van der Waals surface area contributed by atoms with Crippen LogP contribution in [0.1, 0.15) is 11.1 Å². The zero-order chi connectivity index (χ0) is 19.5. The number of nitrogens with zero attached hydrogens (tertiary/aromatic N) is 5. The third-order valence-electron chi connectivity index (χ3n) is 5.19. The lowest BCUT2D eigenvalue weighted by atomic mass is 10.2. The van der Waals surface area contributed by atoms with Crippen molar-refractivity contribution in [3.63, 3.8) is 0 Å². The van der Waals surface area contributed by atoms with Crippen LogP contribution in [0, 0.1) is 0 Å². The third-order valence-corrected chi connectivity index (χ3v) is 5.19. The number of hydrogen-bond acceptors (Lipinski definition) is 5. The van der Waals surface area contributed by atoms with Crippen molar-refractivity contribution >= 4 is 23.1 Å². The van der Waals surface area contributed by atoms with Crippen molar-refractivity contribution in [3.8, 4) is 0 Å². The number of aromatic nitrogens is 3. The molecule has 1 aliphatic rings. The minimum absolute atomic E-state index is 0.599. The van der Waals surface area contributed by atoms with Gasteiger partial charge < -0.3 is 9.80 Å². The maximum absolute atomic E-state index is 4.90. The van der Waals surface area contributed by atoms with Crippen LogP contribution in [0.25, 0.3) is 0 Å². The first-order valence-corrected chi connectivity index (χ1v) is 9.80. The van der Waals surface area contributed by atoms with Gasteiger partial charge in [-0.15, -0.1) is 5.10 Å². The Morgan fingerprint density at radius 3 is 2.38 bits per heavy atom. The topological polar surface area (TPSA) is 45.2 Å². The molecular formula is C24H21N5. The van der Waals surface area contributed by atoms with E-state index in [9.17, 15) is 0 Å². The highest BCUT2D eigenvalue weighted by molar-refractivity contribution is 5.68. The fraction of sp³-hybridized carbons (Fsp3) is 0.125. The van der Waals surface area contributed by atoms with E-state index in [4.69, 9.17) is 4.98 Å². The van der Waals surface area contributed by atoms with Crippen LogP contribution < -0.4 is 9.80 Å². The van der Waals surface area contributed by atoms with Crippen molar-refractivity contribution in [2.75, 3.05) is 16.3 Å². The highest BCUT2D eigenvalue weighted by atomic mass is 15.4. The van der Waals surface area contributed by atoms with Crippen LogP contribution in [0.2, 0.25) is 0 Å². The van der Waals surface area contributed by atoms with Crippen LogP contribution in [0.3, 0.4) is 0 Å². The quantitative estimate of drug-likeness (QED) is 0.493. The minimum atomic E-state index is 0.599. The Kier molecular flexibility index (Phi) is 4.62. The first kappa shape index (κ1) is 17.4. The predicted molar refractivity (Wildman–Crippen MR) is 116 cm³/mol. The SMILES string of the molecule is c1ccc(CN(c2ccccc2)c2nncc(N3CCc4ccccc43)n2)cc1. The fourth-order valence-electron chi connectivity index (χ4n) is 3.76. The van der Waals surface area contributed by atoms with Crippen molar-refractivity contribution in [1.82, 2.24) is 15.2 Å². The molecule has 0 saturated carbocycles. The normalized spacial score (nSPS) is 12.6. The lowest BCUT2D eigenvalue weighted by Crippen LogP contribution is -2.22. The summed E-state index contributed by atoms with van der Waals surface area (Å²) in [6.45, 7) is 1.58. The molecule has 0 N–H and O–H groups in total. The van der Waals surface area contributed by atoms with Gasteiger partial charge in [0.1, 0.15) is 0 Å². The van der Waals surface area contributed by atoms with Gasteiger partial charge in [-0.1, -0.05) is 66.7 Å². The van der Waals surface area contributed by atoms with Gasteiger partial charge in [0, 0.05) is 17.9 Å². The maximum atomic E-state index is 4.90. The monoisotopic (exact) mass is 379 g/mol. The van der Waals surface area contributed by atoms with Crippen LogP contribution in [-0.2, 0) is 13.0 Å². The lowest BCUT2D eigenvalue weighted by molar-refractivity contribution is 0.848. The summed E-state index contributed by atoms with van der Waals surface area (Å²) in [5, 5.41) is 8.67. The van der Waals surface area contributed by atoms with Gasteiger partial charge in [-0.25, -0.2) is 0 Å². The number of benzene rings is 3. The van der Waals surface area contributed by atoms with E-state index in [0.717, 1.165) is 24.5 Å². The van der Waals surface area contributed by atoms with Gasteiger partial charge in [0.05, 0.1) is 12.7 Å². The molecule has 0 atom stereocenters. The van der Waals surface area contributed by atoms with E-state index >= 15 is 0 Å². The highest BCUT2D eigenvalue weighted by Crippen LogP contribution is 2.34. The Balaban J connectivity index is 1.53. The minimum Gasteiger partial charge on any atom is -0.324 e. The van der Waals surface area contributed by atoms with Gasteiger partial charge >= 0.3 is 0 Å². The maximum Gasteiger partial charge on any atom is 0.252 e. The fourth-order valence-corrected chi connectivity index (χ4v) is 3.76. The van der Waals surface area contributed by atoms with E-state index in [2.05, 4.69) is 80.7 Å². The molecule has 0 spiro atoms. The molecule has 29 heavy (non-hydrogen) atoms. The molecule has 0 unspecified atom stereocenters. The average molecular weight is 379 g/mol. The van der Waals surface area contributed by atoms with Gasteiger partial charge in [-0.2, -0.15) is 10.1 Å². The molecule has 3 aromatic carbocycles. The van der Waals surface area contributed by atoms with E-state index in [-0.39, 0.29) is 0 Å². The summed E-state index contributed by atoms with van der Waals surface area (Å²) < 4.78 is 0. The van der Waals surface area contributed by atoms with Crippen molar-refractivity contribution in [1.29, 1.82) is 0 Å². The first-order chi connectivity index (χ1) is 14.4. The summed E-state index contributed by atoms with van der Waals surface area (Å²) in [6.07, 6.45) is 2.76. The third kappa shape index (κ3) is 3.55. The Morgan fingerprint density at radius 2 is 1.55 bits per heavy atom. The summed E-state index contributed by atoms with van der Waals surface area (Å²) in [5.41, 5.74) is 4.78. The lowest BCUT2D eigenvalue weighted by Gasteiger charge is -2.24. The number of fused-ring (bicyclic) bond motifs is 1. The Hall–Kier alpha value is -3.73. The van der Waals surface area contributed by atoms with Gasteiger partial charge in [-0.3, -0.25) is 0 Å². The molecule has 0 aliphatic carbocycles. The Labute approximate surface area is 170 Å². The molecule has 5 rings (SSSR count). The standard InChI is InChI=1S/C24H21N5/c1-3-9-19(10-4-1)18-29(21-12-5-2-6-13-21)24-26-23(17-25-27-24)28-16-15-20-11-7-8-14-22(20)28/h1-14,17H,15-16,18H2. The van der Waals surface area contributed by atoms with E-state index < -0.39 is 0 Å². The van der Waals surface area contributed by atoms with Crippen molar-refractivity contribution in [2.45, 2.75) is 13.0 Å². The molecule has 1 aliphatic heterocycles. The largest absolute Gasteiger partial charge is 0.324 e. The molecule has 1 aromatic heterocycles. The number of hydrogen-bond donors (Lipinski definition) is 0. The van der Waals surface area contributed by atoms with E-state index in [1.165, 1.54) is 16.8 Å². The van der Waals surface area contributed by atoms with E-state index in [0.29, 0.717) is 12.5 Å². The predicted octanol–water partition coefficient (Wildman–Crippen LogP) is 4.90. The van der Waals surface area contributed by atoms with Crippen LogP contribution in [-0.4, -0.2) is 21.7 Å². The number of para-hydroxylation sites is 2. The molecule has 5 heteroatoms. The molecule has 142 valence electrons. The molecule has 2 heterocycles. The van der Waals surface area contributed by atoms with Crippen molar-refractivity contribution < 1.29 is 0 Å². The number of rotatable bonds is 5. The van der Waals surface area contributed by atoms with Gasteiger partial charge in [0.2, 0.25) is 0 Å². The van der Waals surface area contributed by atoms with Crippen molar-refractivity contribution in [3.05, 3.63) is 102 Å². The van der Waals surface area contributed by atoms with Crippen LogP contribution >= 0.6 is 0 Å². The smallest absolute Gasteiger partial charge is 0.252 e. The Bertz CT molecular complexity index is 1100. The summed E-state index contributed by atoms with van der Waals surface area (Å²) in [5.74, 6) is 1.43. The summed E-state index contributed by atoms with van der Waals surface area (Å²) in [6, 6.07) is 29.1. The molecule has 0 fully saturated rings. The summed E-state index contributed by atoms with van der Waals surface area (Å²) in [7, 11) is 0. The van der Waals surface area contributed by atoms with Crippen molar-refractivity contribution in [2.24, 2.45) is 0 Å². The molecule has 0 amide bonds. The number of anilines is 4. The Morgan fingerprint density at radius 1 is 0.828 bits per heavy atom. The second-order valence-corrected chi connectivity index (χ2v) is 7.05. The van der Waals surface area contributed by atoms with E-state index in [1.54, 1.807) is 6.20 Å². The second kappa shape index (κ2) is 7.72. The van der Waals surface area contributed by atoms with Crippen LogP contribution in [0.15, 0.2) is 91.1 Å². The first-order valence-electron chi connectivity index (χ1n) is 9.80. The van der Waals surface area contributed by atoms with Crippen LogP contribution in [0.5, 0.6) is 0 Å². The molecule has 5 nitrogen and oxygen atoms in total. The molecular weight excluding hydrogens is 358 g/mol. The van der Waals surface area contributed by atoms with Gasteiger partial charge in [0.25, 0.3) is 5.95 Å². The van der Waals surface area contributed by atoms with E-state index in [1.807, 2.05) is 24.3 Å². The summed E-state index contributed by atoms with van der Waals surface area (Å²) in [4.78, 5) is 9.23. The zero-order valence-electron chi connectivity index (χ0n) is 16.0. The molecule has 0 saturated heterocycles. The zero-order valence-corrected chi connectivity index (χ0v) is 16.0. The van der Waals surface area contributed by atoms with Crippen LogP contribution in [0.4, 0.5) is 23.1 Å².